The Labute approximate surface area is 128 Å². The molecule has 6 heteroatoms. The van der Waals surface area contributed by atoms with Crippen molar-refractivity contribution in [1.29, 1.82) is 0 Å². The van der Waals surface area contributed by atoms with Crippen molar-refractivity contribution in [2.24, 2.45) is 0 Å². The Morgan fingerprint density at radius 3 is 2.62 bits per heavy atom. The van der Waals surface area contributed by atoms with E-state index in [9.17, 15) is 9.59 Å². The number of hydrogen-bond donors (Lipinski definition) is 1. The van der Waals surface area contributed by atoms with Crippen LogP contribution in [0.4, 0.5) is 10.5 Å². The molecule has 0 saturated carbocycles. The summed E-state index contributed by atoms with van der Waals surface area (Å²) in [6.45, 7) is 3.00. The molecule has 1 aliphatic rings. The van der Waals surface area contributed by atoms with Crippen molar-refractivity contribution in [2.75, 3.05) is 36.0 Å². The maximum absolute atomic E-state index is 12.7. The molecule has 1 aromatic carbocycles. The number of carbonyl (C=O) groups excluding carboxylic acids is 1. The minimum atomic E-state index is -1.01. The molecule has 0 spiro atoms. The summed E-state index contributed by atoms with van der Waals surface area (Å²) in [5.74, 6) is 0.946. The van der Waals surface area contributed by atoms with E-state index < -0.39 is 5.97 Å². The number of aliphatic carboxylic acids is 1. The summed E-state index contributed by atoms with van der Waals surface area (Å²) >= 11 is 1.83. The van der Waals surface area contributed by atoms with Gasteiger partial charge in [0.1, 0.15) is 6.54 Å². The quantitative estimate of drug-likeness (QED) is 0.931. The topological polar surface area (TPSA) is 60.9 Å². The first-order chi connectivity index (χ1) is 10.1. The molecule has 1 saturated heterocycles. The van der Waals surface area contributed by atoms with E-state index in [0.717, 1.165) is 23.5 Å². The summed E-state index contributed by atoms with van der Waals surface area (Å²) in [5, 5.41) is 9.09. The predicted octanol–water partition coefficient (Wildman–Crippen LogP) is 2.44. The molecule has 1 aromatic rings. The lowest BCUT2D eigenvalue weighted by molar-refractivity contribution is -0.135. The van der Waals surface area contributed by atoms with Gasteiger partial charge in [-0.15, -0.1) is 0 Å². The van der Waals surface area contributed by atoms with Gasteiger partial charge in [0.05, 0.1) is 0 Å². The Kier molecular flexibility index (Phi) is 5.50. The number of amides is 2. The summed E-state index contributed by atoms with van der Waals surface area (Å²) in [7, 11) is 0. The smallest absolute Gasteiger partial charge is 0.325 e. The average Bonchev–Trinajstić information content (AvgIpc) is 2.74. The fourth-order valence-electron chi connectivity index (χ4n) is 2.24. The Morgan fingerprint density at radius 1 is 1.24 bits per heavy atom. The van der Waals surface area contributed by atoms with Crippen LogP contribution < -0.4 is 4.90 Å². The van der Waals surface area contributed by atoms with E-state index >= 15 is 0 Å². The van der Waals surface area contributed by atoms with Gasteiger partial charge in [-0.2, -0.15) is 11.8 Å². The van der Waals surface area contributed by atoms with Crippen LogP contribution in [0.3, 0.4) is 0 Å². The van der Waals surface area contributed by atoms with Crippen molar-refractivity contribution < 1.29 is 14.7 Å². The molecule has 1 heterocycles. The van der Waals surface area contributed by atoms with Crippen LogP contribution in [0.15, 0.2) is 24.3 Å². The first kappa shape index (κ1) is 15.7. The number of hydrogen-bond acceptors (Lipinski definition) is 3. The largest absolute Gasteiger partial charge is 0.480 e. The van der Waals surface area contributed by atoms with Crippen molar-refractivity contribution in [1.82, 2.24) is 4.90 Å². The maximum atomic E-state index is 12.7. The summed E-state index contributed by atoms with van der Waals surface area (Å²) in [4.78, 5) is 26.8. The lowest BCUT2D eigenvalue weighted by Gasteiger charge is -2.28. The molecular weight excluding hydrogens is 288 g/mol. The second-order valence-corrected chi connectivity index (χ2v) is 6.28. The third-order valence-electron chi connectivity index (χ3n) is 3.36. The molecule has 0 radical (unpaired) electrons. The number of carboxylic acids is 1. The number of rotatable bonds is 3. The van der Waals surface area contributed by atoms with Crippen LogP contribution in [0.2, 0.25) is 0 Å². The Morgan fingerprint density at radius 2 is 1.95 bits per heavy atom. The highest BCUT2D eigenvalue weighted by molar-refractivity contribution is 7.99. The van der Waals surface area contributed by atoms with Gasteiger partial charge in [-0.3, -0.25) is 9.69 Å². The fraction of sp³-hybridized carbons (Fsp3) is 0.467. The van der Waals surface area contributed by atoms with Gasteiger partial charge in [0.2, 0.25) is 0 Å². The van der Waals surface area contributed by atoms with Gasteiger partial charge in [-0.05, 0) is 31.2 Å². The molecule has 1 N–H and O–H groups in total. The summed E-state index contributed by atoms with van der Waals surface area (Å²) in [6.07, 6.45) is 0.950. The molecule has 1 fully saturated rings. The first-order valence-corrected chi connectivity index (χ1v) is 8.16. The Hall–Kier alpha value is -1.69. The van der Waals surface area contributed by atoms with Gasteiger partial charge in [-0.25, -0.2) is 4.79 Å². The standard InChI is InChI=1S/C15H20N2O3S/c1-12-3-5-13(6-4-12)17(11-14(18)19)15(20)16-7-2-9-21-10-8-16/h3-6H,2,7-11H2,1H3,(H,18,19). The molecule has 21 heavy (non-hydrogen) atoms. The Balaban J connectivity index is 2.19. The summed E-state index contributed by atoms with van der Waals surface area (Å²) in [5.41, 5.74) is 1.71. The van der Waals surface area contributed by atoms with Crippen LogP contribution in [-0.4, -0.2) is 53.1 Å². The lowest BCUT2D eigenvalue weighted by atomic mass is 10.2. The van der Waals surface area contributed by atoms with Gasteiger partial charge in [-0.1, -0.05) is 17.7 Å². The molecule has 114 valence electrons. The highest BCUT2D eigenvalue weighted by Gasteiger charge is 2.25. The number of anilines is 1. The molecule has 5 nitrogen and oxygen atoms in total. The predicted molar refractivity (Wildman–Crippen MR) is 85.1 cm³/mol. The van der Waals surface area contributed by atoms with Crippen molar-refractivity contribution in [3.8, 4) is 0 Å². The summed E-state index contributed by atoms with van der Waals surface area (Å²) < 4.78 is 0. The molecule has 0 aliphatic carbocycles. The number of aryl methyl sites for hydroxylation is 1. The van der Waals surface area contributed by atoms with Crippen LogP contribution in [0.1, 0.15) is 12.0 Å². The van der Waals surface area contributed by atoms with E-state index in [2.05, 4.69) is 0 Å². The number of thioether (sulfide) groups is 1. The molecule has 0 bridgehead atoms. The zero-order valence-electron chi connectivity index (χ0n) is 12.1. The number of benzene rings is 1. The molecule has 2 rings (SSSR count). The van der Waals surface area contributed by atoms with E-state index in [1.54, 1.807) is 17.0 Å². The minimum Gasteiger partial charge on any atom is -0.480 e. The monoisotopic (exact) mass is 308 g/mol. The Bertz CT molecular complexity index is 496. The van der Waals surface area contributed by atoms with E-state index in [4.69, 9.17) is 5.11 Å². The highest BCUT2D eigenvalue weighted by atomic mass is 32.2. The normalized spacial score (nSPS) is 15.4. The molecule has 0 aromatic heterocycles. The van der Waals surface area contributed by atoms with Crippen LogP contribution >= 0.6 is 11.8 Å². The first-order valence-electron chi connectivity index (χ1n) is 7.00. The van der Waals surface area contributed by atoms with Crippen molar-refractivity contribution >= 4 is 29.4 Å². The second-order valence-electron chi connectivity index (χ2n) is 5.05. The zero-order chi connectivity index (χ0) is 15.2. The summed E-state index contributed by atoms with van der Waals surface area (Å²) in [6, 6.07) is 7.14. The van der Waals surface area contributed by atoms with E-state index in [1.807, 2.05) is 30.8 Å². The number of nitrogens with zero attached hydrogens (tertiary/aromatic N) is 2. The number of urea groups is 1. The highest BCUT2D eigenvalue weighted by Crippen LogP contribution is 2.19. The molecule has 0 unspecified atom stereocenters. The second kappa shape index (κ2) is 7.36. The fourth-order valence-corrected chi connectivity index (χ4v) is 3.12. The van der Waals surface area contributed by atoms with Gasteiger partial charge in [0.25, 0.3) is 0 Å². The lowest BCUT2D eigenvalue weighted by Crippen LogP contribution is -2.46. The molecule has 0 atom stereocenters. The zero-order valence-corrected chi connectivity index (χ0v) is 12.9. The van der Waals surface area contributed by atoms with Gasteiger partial charge >= 0.3 is 12.0 Å². The van der Waals surface area contributed by atoms with Gasteiger partial charge < -0.3 is 10.0 Å². The molecule has 1 aliphatic heterocycles. The SMILES string of the molecule is Cc1ccc(N(CC(=O)O)C(=O)N2CCCSCC2)cc1. The van der Waals surface area contributed by atoms with E-state index in [1.165, 1.54) is 4.90 Å². The number of carboxylic acid groups (broad SMARTS) is 1. The third kappa shape index (κ3) is 4.39. The number of carbonyl (C=O) groups is 2. The third-order valence-corrected chi connectivity index (χ3v) is 4.41. The maximum Gasteiger partial charge on any atom is 0.325 e. The minimum absolute atomic E-state index is 0.219. The van der Waals surface area contributed by atoms with Crippen LogP contribution in [0, 0.1) is 6.92 Å². The van der Waals surface area contributed by atoms with Gasteiger partial charge in [0.15, 0.2) is 0 Å². The van der Waals surface area contributed by atoms with E-state index in [-0.39, 0.29) is 12.6 Å². The van der Waals surface area contributed by atoms with Crippen LogP contribution in [0.5, 0.6) is 0 Å². The average molecular weight is 308 g/mol. The van der Waals surface area contributed by atoms with Crippen LogP contribution in [0.25, 0.3) is 0 Å². The molecule has 2 amide bonds. The van der Waals surface area contributed by atoms with Crippen LogP contribution in [-0.2, 0) is 4.79 Å². The van der Waals surface area contributed by atoms with Crippen molar-refractivity contribution in [3.05, 3.63) is 29.8 Å². The van der Waals surface area contributed by atoms with Crippen molar-refractivity contribution in [3.63, 3.8) is 0 Å². The van der Waals surface area contributed by atoms with Gasteiger partial charge in [0, 0.05) is 24.5 Å². The molecular formula is C15H20N2O3S. The van der Waals surface area contributed by atoms with E-state index in [0.29, 0.717) is 18.8 Å². The van der Waals surface area contributed by atoms with Crippen molar-refractivity contribution in [2.45, 2.75) is 13.3 Å².